The Bertz CT molecular complexity index is 354. The smallest absolute Gasteiger partial charge is 0.408 e. The molecule has 0 unspecified atom stereocenters. The van der Waals surface area contributed by atoms with Gasteiger partial charge < -0.3 is 15.0 Å². The summed E-state index contributed by atoms with van der Waals surface area (Å²) in [6.45, 7) is 15.0. The molecule has 0 aliphatic carbocycles. The van der Waals surface area contributed by atoms with Crippen LogP contribution in [0.1, 0.15) is 74.1 Å². The number of hydrogen-bond donors (Lipinski definition) is 1. The standard InChI is InChI=1S/C18H36N2O3/c1-8-10-12-20(13-11-9-2)16(21)15(14(3)4)19-17(22)23-18(5,6)7/h14-15H,8-13H2,1-7H3,(H,19,22)/t15-/m0/s1. The fraction of sp³-hybridized carbons (Fsp3) is 0.889. The van der Waals surface area contributed by atoms with Crippen LogP contribution >= 0.6 is 0 Å². The molecular formula is C18H36N2O3. The summed E-state index contributed by atoms with van der Waals surface area (Å²) in [7, 11) is 0. The molecule has 5 heteroatoms. The van der Waals surface area contributed by atoms with Crippen LogP contribution in [0, 0.1) is 5.92 Å². The maximum Gasteiger partial charge on any atom is 0.408 e. The van der Waals surface area contributed by atoms with Gasteiger partial charge in [-0.25, -0.2) is 4.79 Å². The molecule has 1 N–H and O–H groups in total. The quantitative estimate of drug-likeness (QED) is 0.697. The van der Waals surface area contributed by atoms with Gasteiger partial charge in [-0.15, -0.1) is 0 Å². The molecule has 136 valence electrons. The number of nitrogens with zero attached hydrogens (tertiary/aromatic N) is 1. The Hall–Kier alpha value is -1.26. The van der Waals surface area contributed by atoms with E-state index < -0.39 is 17.7 Å². The zero-order chi connectivity index (χ0) is 18.0. The minimum atomic E-state index is -0.571. The molecule has 0 bridgehead atoms. The van der Waals surface area contributed by atoms with E-state index in [0.29, 0.717) is 0 Å². The summed E-state index contributed by atoms with van der Waals surface area (Å²) in [6, 6.07) is -0.543. The van der Waals surface area contributed by atoms with Crippen molar-refractivity contribution in [1.29, 1.82) is 0 Å². The molecule has 0 fully saturated rings. The average Bonchev–Trinajstić information content (AvgIpc) is 2.42. The molecule has 0 aromatic heterocycles. The van der Waals surface area contributed by atoms with Gasteiger partial charge in [-0.3, -0.25) is 4.79 Å². The first-order valence-electron chi connectivity index (χ1n) is 8.90. The average molecular weight is 328 g/mol. The summed E-state index contributed by atoms with van der Waals surface area (Å²) in [5.41, 5.74) is -0.571. The molecule has 0 aliphatic rings. The van der Waals surface area contributed by atoms with Crippen molar-refractivity contribution < 1.29 is 14.3 Å². The Kier molecular flexibility index (Phi) is 9.93. The second-order valence-corrected chi connectivity index (χ2v) is 7.40. The van der Waals surface area contributed by atoms with Crippen LogP contribution in [0.2, 0.25) is 0 Å². The maximum absolute atomic E-state index is 12.9. The van der Waals surface area contributed by atoms with Crippen molar-refractivity contribution in [2.24, 2.45) is 5.92 Å². The molecule has 1 atom stereocenters. The highest BCUT2D eigenvalue weighted by molar-refractivity contribution is 5.86. The van der Waals surface area contributed by atoms with Gasteiger partial charge in [0.2, 0.25) is 5.91 Å². The van der Waals surface area contributed by atoms with Crippen LogP contribution in [0.4, 0.5) is 4.79 Å². The molecule has 23 heavy (non-hydrogen) atoms. The first-order valence-corrected chi connectivity index (χ1v) is 8.90. The van der Waals surface area contributed by atoms with Gasteiger partial charge in [0.25, 0.3) is 0 Å². The lowest BCUT2D eigenvalue weighted by Gasteiger charge is -2.30. The van der Waals surface area contributed by atoms with Crippen LogP contribution < -0.4 is 5.32 Å². The van der Waals surface area contributed by atoms with E-state index in [-0.39, 0.29) is 11.8 Å². The molecule has 0 spiro atoms. The van der Waals surface area contributed by atoms with E-state index in [0.717, 1.165) is 38.8 Å². The number of ether oxygens (including phenoxy) is 1. The van der Waals surface area contributed by atoms with E-state index in [1.807, 2.05) is 39.5 Å². The van der Waals surface area contributed by atoms with E-state index in [2.05, 4.69) is 19.2 Å². The topological polar surface area (TPSA) is 58.6 Å². The Morgan fingerprint density at radius 3 is 1.87 bits per heavy atom. The van der Waals surface area contributed by atoms with Gasteiger partial charge in [0.15, 0.2) is 0 Å². The van der Waals surface area contributed by atoms with Crippen LogP contribution in [0.5, 0.6) is 0 Å². The summed E-state index contributed by atoms with van der Waals surface area (Å²) < 4.78 is 5.29. The summed E-state index contributed by atoms with van der Waals surface area (Å²) in [4.78, 5) is 26.8. The molecule has 5 nitrogen and oxygen atoms in total. The number of carbonyl (C=O) groups is 2. The number of rotatable bonds is 9. The molecule has 0 saturated carbocycles. The van der Waals surface area contributed by atoms with E-state index in [9.17, 15) is 9.59 Å². The molecule has 0 saturated heterocycles. The van der Waals surface area contributed by atoms with Crippen molar-refractivity contribution in [2.75, 3.05) is 13.1 Å². The minimum Gasteiger partial charge on any atom is -0.444 e. The largest absolute Gasteiger partial charge is 0.444 e. The highest BCUT2D eigenvalue weighted by Crippen LogP contribution is 2.12. The maximum atomic E-state index is 12.9. The summed E-state index contributed by atoms with van der Waals surface area (Å²) in [6.07, 6.45) is 3.51. The molecule has 0 aromatic carbocycles. The van der Waals surface area contributed by atoms with Crippen molar-refractivity contribution in [3.05, 3.63) is 0 Å². The Labute approximate surface area is 142 Å². The lowest BCUT2D eigenvalue weighted by Crippen LogP contribution is -2.52. The number of amides is 2. The normalized spacial score (nSPS) is 12.9. The van der Waals surface area contributed by atoms with Crippen LogP contribution in [-0.2, 0) is 9.53 Å². The van der Waals surface area contributed by atoms with E-state index >= 15 is 0 Å². The third-order valence-electron chi connectivity index (χ3n) is 3.48. The third kappa shape index (κ3) is 9.47. The lowest BCUT2D eigenvalue weighted by atomic mass is 10.0. The van der Waals surface area contributed by atoms with Gasteiger partial charge in [-0.2, -0.15) is 0 Å². The van der Waals surface area contributed by atoms with Crippen molar-refractivity contribution in [1.82, 2.24) is 10.2 Å². The Balaban J connectivity index is 4.93. The number of nitrogens with one attached hydrogen (secondary N) is 1. The zero-order valence-corrected chi connectivity index (χ0v) is 16.1. The zero-order valence-electron chi connectivity index (χ0n) is 16.1. The van der Waals surface area contributed by atoms with Crippen molar-refractivity contribution >= 4 is 12.0 Å². The summed E-state index contributed by atoms with van der Waals surface area (Å²) in [5.74, 6) is 0.00790. The fourth-order valence-corrected chi connectivity index (χ4v) is 2.17. The van der Waals surface area contributed by atoms with Gasteiger partial charge in [0.1, 0.15) is 11.6 Å². The van der Waals surface area contributed by atoms with Gasteiger partial charge in [-0.05, 0) is 39.5 Å². The molecule has 0 aromatic rings. The molecule has 0 rings (SSSR count). The van der Waals surface area contributed by atoms with Crippen molar-refractivity contribution in [3.8, 4) is 0 Å². The summed E-state index contributed by atoms with van der Waals surface area (Å²) >= 11 is 0. The first kappa shape index (κ1) is 21.7. The molecule has 0 heterocycles. The van der Waals surface area contributed by atoms with E-state index in [1.165, 1.54) is 0 Å². The van der Waals surface area contributed by atoms with Gasteiger partial charge in [-0.1, -0.05) is 40.5 Å². The van der Waals surface area contributed by atoms with E-state index in [4.69, 9.17) is 4.74 Å². The minimum absolute atomic E-state index is 0.00670. The number of hydrogen-bond acceptors (Lipinski definition) is 3. The third-order valence-corrected chi connectivity index (χ3v) is 3.48. The SMILES string of the molecule is CCCCN(CCCC)C(=O)[C@@H](NC(=O)OC(C)(C)C)C(C)C. The fourth-order valence-electron chi connectivity index (χ4n) is 2.17. The predicted octanol–water partition coefficient (Wildman–Crippen LogP) is 3.96. The molecular weight excluding hydrogens is 292 g/mol. The second kappa shape index (κ2) is 10.5. The van der Waals surface area contributed by atoms with Crippen LogP contribution in [0.15, 0.2) is 0 Å². The predicted molar refractivity (Wildman–Crippen MR) is 94.4 cm³/mol. The highest BCUT2D eigenvalue weighted by Gasteiger charge is 2.29. The van der Waals surface area contributed by atoms with Crippen LogP contribution in [0.25, 0.3) is 0 Å². The monoisotopic (exact) mass is 328 g/mol. The molecule has 2 amide bonds. The Morgan fingerprint density at radius 2 is 1.52 bits per heavy atom. The van der Waals surface area contributed by atoms with E-state index in [1.54, 1.807) is 0 Å². The van der Waals surface area contributed by atoms with Crippen LogP contribution in [0.3, 0.4) is 0 Å². The molecule has 0 aliphatic heterocycles. The second-order valence-electron chi connectivity index (χ2n) is 7.40. The lowest BCUT2D eigenvalue weighted by molar-refractivity contribution is -0.134. The first-order chi connectivity index (χ1) is 10.6. The van der Waals surface area contributed by atoms with Crippen molar-refractivity contribution in [3.63, 3.8) is 0 Å². The van der Waals surface area contributed by atoms with Gasteiger partial charge >= 0.3 is 6.09 Å². The highest BCUT2D eigenvalue weighted by atomic mass is 16.6. The Morgan fingerprint density at radius 1 is 1.04 bits per heavy atom. The number of carbonyl (C=O) groups excluding carboxylic acids is 2. The number of unbranched alkanes of at least 4 members (excludes halogenated alkanes) is 2. The molecule has 0 radical (unpaired) electrons. The number of alkyl carbamates (subject to hydrolysis) is 1. The van der Waals surface area contributed by atoms with Gasteiger partial charge in [0.05, 0.1) is 0 Å². The summed E-state index contributed by atoms with van der Waals surface area (Å²) in [5, 5.41) is 2.75. The van der Waals surface area contributed by atoms with Crippen molar-refractivity contribution in [2.45, 2.75) is 85.8 Å². The van der Waals surface area contributed by atoms with Gasteiger partial charge in [0, 0.05) is 13.1 Å². The van der Waals surface area contributed by atoms with Crippen LogP contribution in [-0.4, -0.2) is 41.6 Å².